The van der Waals surface area contributed by atoms with Crippen LogP contribution in [0, 0.1) is 0 Å². The van der Waals surface area contributed by atoms with Gasteiger partial charge in [-0.3, -0.25) is 4.98 Å². The molecule has 0 aliphatic carbocycles. The molecule has 0 saturated carbocycles. The van der Waals surface area contributed by atoms with Gasteiger partial charge in [-0.1, -0.05) is 36.4 Å². The third kappa shape index (κ3) is 2.70. The minimum atomic E-state index is -0.712. The largest absolute Gasteiger partial charge is 0.385 e. The van der Waals surface area contributed by atoms with Crippen molar-refractivity contribution in [2.45, 2.75) is 12.2 Å². The van der Waals surface area contributed by atoms with Crippen molar-refractivity contribution >= 4 is 0 Å². The minimum absolute atomic E-state index is 0.375. The van der Waals surface area contributed by atoms with Crippen molar-refractivity contribution in [2.24, 2.45) is 0 Å². The monoisotopic (exact) mass is 229 g/mol. The predicted octanol–water partition coefficient (Wildman–Crippen LogP) is 2.50. The number of pyridine rings is 1. The van der Waals surface area contributed by atoms with E-state index in [9.17, 15) is 5.11 Å². The average molecular weight is 229 g/mol. The van der Waals surface area contributed by atoms with Crippen LogP contribution in [0.1, 0.15) is 23.3 Å². The number of nitrogens with zero attached hydrogens (tertiary/aromatic N) is 1. The molecule has 1 heterocycles. The lowest BCUT2D eigenvalue weighted by molar-refractivity contribution is -0.0150. The first-order chi connectivity index (χ1) is 8.33. The molecule has 1 N–H and O–H groups in total. The third-order valence-electron chi connectivity index (χ3n) is 2.69. The number of hydrogen-bond acceptors (Lipinski definition) is 3. The highest BCUT2D eigenvalue weighted by molar-refractivity contribution is 5.23. The van der Waals surface area contributed by atoms with E-state index < -0.39 is 6.10 Å². The second kappa shape index (κ2) is 5.57. The second-order valence-electron chi connectivity index (χ2n) is 3.80. The molecule has 2 atom stereocenters. The number of aliphatic hydroxyl groups is 1. The topological polar surface area (TPSA) is 42.4 Å². The molecule has 0 aliphatic heterocycles. The fraction of sp³-hybridized carbons (Fsp3) is 0.214. The Morgan fingerprint density at radius 1 is 1.06 bits per heavy atom. The van der Waals surface area contributed by atoms with Crippen LogP contribution in [0.4, 0.5) is 0 Å². The Morgan fingerprint density at radius 2 is 1.76 bits per heavy atom. The van der Waals surface area contributed by atoms with Crippen LogP contribution in [-0.2, 0) is 4.74 Å². The van der Waals surface area contributed by atoms with Gasteiger partial charge < -0.3 is 9.84 Å². The van der Waals surface area contributed by atoms with Crippen molar-refractivity contribution < 1.29 is 9.84 Å². The number of methoxy groups -OCH3 is 1. The molecule has 3 heteroatoms. The predicted molar refractivity (Wildman–Crippen MR) is 65.4 cm³/mol. The maximum atomic E-state index is 10.3. The normalized spacial score (nSPS) is 14.2. The molecule has 2 rings (SSSR count). The zero-order valence-electron chi connectivity index (χ0n) is 9.65. The van der Waals surface area contributed by atoms with Crippen molar-refractivity contribution in [3.8, 4) is 0 Å². The molecular weight excluding hydrogens is 214 g/mol. The molecule has 3 nitrogen and oxygen atoms in total. The van der Waals surface area contributed by atoms with Crippen LogP contribution in [0.5, 0.6) is 0 Å². The van der Waals surface area contributed by atoms with Gasteiger partial charge in [-0.05, 0) is 11.6 Å². The van der Waals surface area contributed by atoms with E-state index in [0.717, 1.165) is 11.1 Å². The summed E-state index contributed by atoms with van der Waals surface area (Å²) in [7, 11) is 1.59. The Hall–Kier alpha value is -1.71. The van der Waals surface area contributed by atoms with E-state index in [2.05, 4.69) is 4.98 Å². The molecule has 0 radical (unpaired) electrons. The number of benzene rings is 1. The fourth-order valence-electron chi connectivity index (χ4n) is 1.82. The Bertz CT molecular complexity index is 444. The standard InChI is InChI=1S/C14H15NO2/c1-17-14(11-6-3-2-4-7-11)13(16)12-8-5-9-15-10-12/h2-10,13-14,16H,1H3. The molecule has 1 aromatic carbocycles. The van der Waals surface area contributed by atoms with Gasteiger partial charge in [0.1, 0.15) is 12.2 Å². The molecule has 88 valence electrons. The van der Waals surface area contributed by atoms with Crippen LogP contribution in [-0.4, -0.2) is 17.2 Å². The molecule has 0 aliphatic rings. The third-order valence-corrected chi connectivity index (χ3v) is 2.69. The summed E-state index contributed by atoms with van der Waals surface area (Å²) < 4.78 is 5.37. The molecule has 0 saturated heterocycles. The first-order valence-corrected chi connectivity index (χ1v) is 5.48. The Morgan fingerprint density at radius 3 is 2.35 bits per heavy atom. The molecule has 0 fully saturated rings. The van der Waals surface area contributed by atoms with Crippen molar-refractivity contribution in [3.63, 3.8) is 0 Å². The summed E-state index contributed by atoms with van der Waals surface area (Å²) in [4.78, 5) is 4.00. The molecular formula is C14H15NO2. The van der Waals surface area contributed by atoms with Gasteiger partial charge in [0.05, 0.1) is 0 Å². The number of aromatic nitrogens is 1. The highest BCUT2D eigenvalue weighted by Gasteiger charge is 2.22. The van der Waals surface area contributed by atoms with Crippen molar-refractivity contribution in [3.05, 3.63) is 66.0 Å². The van der Waals surface area contributed by atoms with E-state index >= 15 is 0 Å². The fourth-order valence-corrected chi connectivity index (χ4v) is 1.82. The van der Waals surface area contributed by atoms with Gasteiger partial charge in [-0.25, -0.2) is 0 Å². The lowest BCUT2D eigenvalue weighted by Crippen LogP contribution is -2.13. The number of ether oxygens (including phenoxy) is 1. The van der Waals surface area contributed by atoms with Gasteiger partial charge in [0.15, 0.2) is 0 Å². The van der Waals surface area contributed by atoms with Gasteiger partial charge in [0.2, 0.25) is 0 Å². The molecule has 0 amide bonds. The smallest absolute Gasteiger partial charge is 0.112 e. The summed E-state index contributed by atoms with van der Waals surface area (Å²) in [5.74, 6) is 0. The summed E-state index contributed by atoms with van der Waals surface area (Å²) in [5, 5.41) is 10.3. The summed E-state index contributed by atoms with van der Waals surface area (Å²) in [6, 6.07) is 13.3. The van der Waals surface area contributed by atoms with E-state index in [0.29, 0.717) is 0 Å². The van der Waals surface area contributed by atoms with Gasteiger partial charge in [0, 0.05) is 25.1 Å². The summed E-state index contributed by atoms with van der Waals surface area (Å²) >= 11 is 0. The van der Waals surface area contributed by atoms with E-state index in [1.54, 1.807) is 25.6 Å². The van der Waals surface area contributed by atoms with E-state index in [1.807, 2.05) is 36.4 Å². The number of hydrogen-bond donors (Lipinski definition) is 1. The maximum absolute atomic E-state index is 10.3. The number of aliphatic hydroxyl groups excluding tert-OH is 1. The SMILES string of the molecule is COC(c1ccccc1)C(O)c1cccnc1. The number of rotatable bonds is 4. The zero-order valence-corrected chi connectivity index (χ0v) is 9.65. The van der Waals surface area contributed by atoms with Gasteiger partial charge >= 0.3 is 0 Å². The first kappa shape index (κ1) is 11.8. The lowest BCUT2D eigenvalue weighted by atomic mass is 9.99. The van der Waals surface area contributed by atoms with Gasteiger partial charge in [-0.15, -0.1) is 0 Å². The second-order valence-corrected chi connectivity index (χ2v) is 3.80. The summed E-state index contributed by atoms with van der Waals surface area (Å²) in [5.41, 5.74) is 1.70. The lowest BCUT2D eigenvalue weighted by Gasteiger charge is -2.22. The quantitative estimate of drug-likeness (QED) is 0.875. The van der Waals surface area contributed by atoms with Crippen LogP contribution < -0.4 is 0 Å². The van der Waals surface area contributed by atoms with Crippen LogP contribution in [0.2, 0.25) is 0 Å². The molecule has 0 bridgehead atoms. The zero-order chi connectivity index (χ0) is 12.1. The van der Waals surface area contributed by atoms with Crippen LogP contribution in [0.25, 0.3) is 0 Å². The molecule has 2 aromatic rings. The Labute approximate surface area is 101 Å². The summed E-state index contributed by atoms with van der Waals surface area (Å²) in [6.07, 6.45) is 2.25. The maximum Gasteiger partial charge on any atom is 0.112 e. The Kier molecular flexibility index (Phi) is 3.85. The highest BCUT2D eigenvalue weighted by atomic mass is 16.5. The van der Waals surface area contributed by atoms with Crippen LogP contribution in [0.3, 0.4) is 0 Å². The molecule has 17 heavy (non-hydrogen) atoms. The Balaban J connectivity index is 2.25. The molecule has 1 aromatic heterocycles. The van der Waals surface area contributed by atoms with Gasteiger partial charge in [0.25, 0.3) is 0 Å². The van der Waals surface area contributed by atoms with Crippen LogP contribution >= 0.6 is 0 Å². The van der Waals surface area contributed by atoms with Crippen molar-refractivity contribution in [2.75, 3.05) is 7.11 Å². The van der Waals surface area contributed by atoms with E-state index in [4.69, 9.17) is 4.74 Å². The first-order valence-electron chi connectivity index (χ1n) is 5.48. The summed E-state index contributed by atoms with van der Waals surface area (Å²) in [6.45, 7) is 0. The molecule has 0 spiro atoms. The average Bonchev–Trinajstić information content (AvgIpc) is 2.42. The van der Waals surface area contributed by atoms with Crippen LogP contribution in [0.15, 0.2) is 54.9 Å². The van der Waals surface area contributed by atoms with Gasteiger partial charge in [-0.2, -0.15) is 0 Å². The van der Waals surface area contributed by atoms with Crippen molar-refractivity contribution in [1.29, 1.82) is 0 Å². The van der Waals surface area contributed by atoms with E-state index in [-0.39, 0.29) is 6.10 Å². The minimum Gasteiger partial charge on any atom is -0.385 e. The molecule has 2 unspecified atom stereocenters. The highest BCUT2D eigenvalue weighted by Crippen LogP contribution is 2.30. The van der Waals surface area contributed by atoms with E-state index in [1.165, 1.54) is 0 Å². The van der Waals surface area contributed by atoms with Crippen molar-refractivity contribution in [1.82, 2.24) is 4.98 Å².